The van der Waals surface area contributed by atoms with Gasteiger partial charge in [-0.1, -0.05) is 25.0 Å². The molecule has 0 saturated carbocycles. The fraction of sp³-hybridized carbons (Fsp3) is 0.714. The Balaban J connectivity index is 2.01. The summed E-state index contributed by atoms with van der Waals surface area (Å²) >= 11 is 1.86. The summed E-state index contributed by atoms with van der Waals surface area (Å²) in [5, 5.41) is 14.4. The summed E-state index contributed by atoms with van der Waals surface area (Å²) < 4.78 is 0. The van der Waals surface area contributed by atoms with Gasteiger partial charge in [0.05, 0.1) is 12.0 Å². The summed E-state index contributed by atoms with van der Waals surface area (Å²) in [5.41, 5.74) is 0. The Morgan fingerprint density at radius 2 is 2.00 bits per heavy atom. The van der Waals surface area contributed by atoms with Crippen LogP contribution in [0.5, 0.6) is 0 Å². The van der Waals surface area contributed by atoms with Crippen LogP contribution in [0, 0.1) is 5.92 Å². The van der Waals surface area contributed by atoms with Crippen molar-refractivity contribution >= 4 is 23.8 Å². The van der Waals surface area contributed by atoms with Crippen molar-refractivity contribution in [1.29, 1.82) is 0 Å². The quantitative estimate of drug-likeness (QED) is 0.451. The first-order valence-corrected chi connectivity index (χ1v) is 8.47. The summed E-state index contributed by atoms with van der Waals surface area (Å²) in [7, 11) is 0. The molecule has 2 unspecified atom stereocenters. The maximum absolute atomic E-state index is 11.6. The maximum Gasteiger partial charge on any atom is 0.315 e. The van der Waals surface area contributed by atoms with Crippen molar-refractivity contribution in [2.24, 2.45) is 5.92 Å². The number of aliphatic carboxylic acids is 1. The standard InChI is InChI=1S/C14H24N2O3S/c1-20-9-5-3-2-4-8-15-14(19)16-12-7-6-11(10-12)13(17)18/h6-7,11-12H,2-5,8-10H2,1H3,(H,17,18)(H2,15,16,19). The Hall–Kier alpha value is -1.17. The van der Waals surface area contributed by atoms with Crippen LogP contribution in [0.3, 0.4) is 0 Å². The van der Waals surface area contributed by atoms with Crippen LogP contribution in [0.25, 0.3) is 0 Å². The number of carbonyl (C=O) groups excluding carboxylic acids is 1. The second kappa shape index (κ2) is 9.69. The Kier molecular flexibility index (Phi) is 8.18. The number of thioether (sulfide) groups is 1. The molecule has 0 spiro atoms. The predicted octanol–water partition coefficient (Wildman–Crippen LogP) is 2.24. The zero-order valence-electron chi connectivity index (χ0n) is 11.9. The molecule has 0 aromatic rings. The van der Waals surface area contributed by atoms with E-state index in [1.165, 1.54) is 18.6 Å². The lowest BCUT2D eigenvalue weighted by atomic mass is 10.1. The molecule has 20 heavy (non-hydrogen) atoms. The van der Waals surface area contributed by atoms with Crippen LogP contribution in [-0.4, -0.2) is 41.7 Å². The number of rotatable bonds is 9. The zero-order valence-corrected chi connectivity index (χ0v) is 12.7. The van der Waals surface area contributed by atoms with Gasteiger partial charge in [-0.15, -0.1) is 0 Å². The molecule has 0 heterocycles. The monoisotopic (exact) mass is 300 g/mol. The molecule has 0 radical (unpaired) electrons. The molecule has 0 bridgehead atoms. The van der Waals surface area contributed by atoms with Crippen LogP contribution in [0.15, 0.2) is 12.2 Å². The lowest BCUT2D eigenvalue weighted by Crippen LogP contribution is -2.41. The molecule has 5 nitrogen and oxygen atoms in total. The van der Waals surface area contributed by atoms with Gasteiger partial charge >= 0.3 is 12.0 Å². The molecule has 0 fully saturated rings. The molecule has 1 rings (SSSR count). The molecule has 0 aromatic heterocycles. The lowest BCUT2D eigenvalue weighted by Gasteiger charge is -2.13. The summed E-state index contributed by atoms with van der Waals surface area (Å²) in [6.45, 7) is 0.671. The van der Waals surface area contributed by atoms with Gasteiger partial charge in [0.15, 0.2) is 0 Å². The average Bonchev–Trinajstić information content (AvgIpc) is 2.86. The molecule has 1 aliphatic rings. The average molecular weight is 300 g/mol. The number of hydrogen-bond donors (Lipinski definition) is 3. The molecule has 0 saturated heterocycles. The zero-order chi connectivity index (χ0) is 14.8. The highest BCUT2D eigenvalue weighted by molar-refractivity contribution is 7.98. The molecule has 0 aromatic carbocycles. The van der Waals surface area contributed by atoms with Crippen LogP contribution in [0.1, 0.15) is 32.1 Å². The van der Waals surface area contributed by atoms with Crippen molar-refractivity contribution in [2.75, 3.05) is 18.6 Å². The van der Waals surface area contributed by atoms with Gasteiger partial charge in [0.25, 0.3) is 0 Å². The van der Waals surface area contributed by atoms with Crippen molar-refractivity contribution in [3.63, 3.8) is 0 Å². The van der Waals surface area contributed by atoms with Gasteiger partial charge in [0.2, 0.25) is 0 Å². The number of urea groups is 1. The van der Waals surface area contributed by atoms with Crippen LogP contribution in [-0.2, 0) is 4.79 Å². The fourth-order valence-electron chi connectivity index (χ4n) is 2.14. The molecule has 6 heteroatoms. The van der Waals surface area contributed by atoms with Gasteiger partial charge in [-0.05, 0) is 31.3 Å². The van der Waals surface area contributed by atoms with E-state index < -0.39 is 11.9 Å². The Bertz CT molecular complexity index is 347. The molecule has 1 aliphatic carbocycles. The van der Waals surface area contributed by atoms with E-state index in [1.807, 2.05) is 11.8 Å². The van der Waals surface area contributed by atoms with Crippen molar-refractivity contribution in [2.45, 2.75) is 38.1 Å². The minimum absolute atomic E-state index is 0.169. The highest BCUT2D eigenvalue weighted by Gasteiger charge is 2.25. The number of hydrogen-bond acceptors (Lipinski definition) is 3. The minimum Gasteiger partial charge on any atom is -0.481 e. The van der Waals surface area contributed by atoms with Crippen molar-refractivity contribution in [3.8, 4) is 0 Å². The van der Waals surface area contributed by atoms with Gasteiger partial charge in [0, 0.05) is 6.54 Å². The van der Waals surface area contributed by atoms with Crippen LogP contribution < -0.4 is 10.6 Å². The molecular formula is C14H24N2O3S. The Morgan fingerprint density at radius 1 is 1.25 bits per heavy atom. The molecular weight excluding hydrogens is 276 g/mol. The van der Waals surface area contributed by atoms with E-state index in [9.17, 15) is 9.59 Å². The fourth-order valence-corrected chi connectivity index (χ4v) is 2.63. The van der Waals surface area contributed by atoms with Gasteiger partial charge in [-0.2, -0.15) is 11.8 Å². The van der Waals surface area contributed by atoms with E-state index in [-0.39, 0.29) is 12.1 Å². The molecule has 2 atom stereocenters. The smallest absolute Gasteiger partial charge is 0.315 e. The third-order valence-electron chi connectivity index (χ3n) is 3.28. The second-order valence-corrected chi connectivity index (χ2v) is 5.96. The van der Waals surface area contributed by atoms with Crippen LogP contribution in [0.4, 0.5) is 4.79 Å². The third-order valence-corrected chi connectivity index (χ3v) is 3.98. The van der Waals surface area contributed by atoms with Crippen LogP contribution >= 0.6 is 11.8 Å². The summed E-state index contributed by atoms with van der Waals surface area (Å²) in [5.74, 6) is -0.111. The normalized spacial score (nSPS) is 20.9. The number of unbranched alkanes of at least 4 members (excludes halogenated alkanes) is 3. The second-order valence-electron chi connectivity index (χ2n) is 4.98. The van der Waals surface area contributed by atoms with Crippen molar-refractivity contribution < 1.29 is 14.7 Å². The largest absolute Gasteiger partial charge is 0.481 e. The topological polar surface area (TPSA) is 78.4 Å². The summed E-state index contributed by atoms with van der Waals surface area (Å²) in [4.78, 5) is 22.4. The number of carboxylic acid groups (broad SMARTS) is 1. The Labute approximate surface area is 124 Å². The first-order chi connectivity index (χ1) is 9.63. The van der Waals surface area contributed by atoms with Gasteiger partial charge < -0.3 is 15.7 Å². The van der Waals surface area contributed by atoms with Crippen molar-refractivity contribution in [1.82, 2.24) is 10.6 Å². The van der Waals surface area contributed by atoms with Gasteiger partial charge in [-0.25, -0.2) is 4.79 Å². The number of amides is 2. The minimum atomic E-state index is -0.837. The number of carbonyl (C=O) groups is 2. The van der Waals surface area contributed by atoms with Gasteiger partial charge in [0.1, 0.15) is 0 Å². The van der Waals surface area contributed by atoms with Crippen LogP contribution in [0.2, 0.25) is 0 Å². The number of nitrogens with one attached hydrogen (secondary N) is 2. The first kappa shape index (κ1) is 16.9. The molecule has 2 amide bonds. The molecule has 114 valence electrons. The first-order valence-electron chi connectivity index (χ1n) is 7.08. The molecule has 3 N–H and O–H groups in total. The highest BCUT2D eigenvalue weighted by Crippen LogP contribution is 2.17. The van der Waals surface area contributed by atoms with Gasteiger partial charge in [-0.3, -0.25) is 4.79 Å². The Morgan fingerprint density at radius 3 is 2.65 bits per heavy atom. The third kappa shape index (κ3) is 6.84. The van der Waals surface area contributed by atoms with Crippen molar-refractivity contribution in [3.05, 3.63) is 12.2 Å². The van der Waals surface area contributed by atoms with E-state index >= 15 is 0 Å². The lowest BCUT2D eigenvalue weighted by molar-refractivity contribution is -0.140. The predicted molar refractivity (Wildman–Crippen MR) is 82.1 cm³/mol. The van der Waals surface area contributed by atoms with E-state index in [1.54, 1.807) is 12.2 Å². The summed E-state index contributed by atoms with van der Waals surface area (Å²) in [6.07, 6.45) is 10.5. The van der Waals surface area contributed by atoms with E-state index in [0.717, 1.165) is 12.8 Å². The summed E-state index contributed by atoms with van der Waals surface area (Å²) in [6, 6.07) is -0.382. The molecule has 0 aliphatic heterocycles. The SMILES string of the molecule is CSCCCCCCNC(=O)NC1C=CC(C(=O)O)C1. The van der Waals surface area contributed by atoms with E-state index in [4.69, 9.17) is 5.11 Å². The van der Waals surface area contributed by atoms with E-state index in [2.05, 4.69) is 16.9 Å². The number of carboxylic acids is 1. The maximum atomic E-state index is 11.6. The van der Waals surface area contributed by atoms with E-state index in [0.29, 0.717) is 13.0 Å². The highest BCUT2D eigenvalue weighted by atomic mass is 32.2.